The standard InChI is InChI=1S/C12H20N2O3/c1-12(2)11(16)14(6-5-10(15)13-12)8-9-4-3-7-17-9/h9H,3-8H2,1-2H3,(H,13,15). The van der Waals surface area contributed by atoms with Gasteiger partial charge in [0.25, 0.3) is 0 Å². The smallest absolute Gasteiger partial charge is 0.247 e. The molecule has 96 valence electrons. The summed E-state index contributed by atoms with van der Waals surface area (Å²) in [5, 5.41) is 2.75. The fourth-order valence-corrected chi connectivity index (χ4v) is 2.41. The predicted octanol–water partition coefficient (Wildman–Crippen LogP) is 0.292. The summed E-state index contributed by atoms with van der Waals surface area (Å²) in [5.74, 6) is -0.0722. The van der Waals surface area contributed by atoms with Crippen molar-refractivity contribution in [2.45, 2.75) is 44.8 Å². The van der Waals surface area contributed by atoms with Gasteiger partial charge in [0, 0.05) is 26.1 Å². The average molecular weight is 240 g/mol. The molecule has 2 aliphatic heterocycles. The summed E-state index contributed by atoms with van der Waals surface area (Å²) in [4.78, 5) is 25.5. The van der Waals surface area contributed by atoms with Crippen LogP contribution in [0, 0.1) is 0 Å². The van der Waals surface area contributed by atoms with Crippen LogP contribution in [0.4, 0.5) is 0 Å². The first kappa shape index (κ1) is 12.4. The van der Waals surface area contributed by atoms with Crippen LogP contribution in [0.25, 0.3) is 0 Å². The van der Waals surface area contributed by atoms with Crippen LogP contribution in [0.15, 0.2) is 0 Å². The highest BCUT2D eigenvalue weighted by Gasteiger charge is 2.37. The van der Waals surface area contributed by atoms with E-state index in [-0.39, 0.29) is 17.9 Å². The van der Waals surface area contributed by atoms with E-state index in [1.54, 1.807) is 18.7 Å². The summed E-state index contributed by atoms with van der Waals surface area (Å²) in [6, 6.07) is 0. The zero-order valence-electron chi connectivity index (χ0n) is 10.5. The van der Waals surface area contributed by atoms with Gasteiger partial charge in [0.05, 0.1) is 6.10 Å². The molecule has 0 aromatic rings. The Labute approximate surface area is 101 Å². The molecule has 2 aliphatic rings. The number of hydrogen-bond donors (Lipinski definition) is 1. The van der Waals surface area contributed by atoms with Crippen molar-refractivity contribution in [1.29, 1.82) is 0 Å². The monoisotopic (exact) mass is 240 g/mol. The minimum Gasteiger partial charge on any atom is -0.376 e. The highest BCUT2D eigenvalue weighted by atomic mass is 16.5. The molecule has 1 N–H and O–H groups in total. The highest BCUT2D eigenvalue weighted by Crippen LogP contribution is 2.18. The zero-order valence-corrected chi connectivity index (χ0v) is 10.5. The molecule has 0 saturated carbocycles. The molecule has 2 amide bonds. The normalized spacial score (nSPS) is 29.1. The van der Waals surface area contributed by atoms with Gasteiger partial charge in [-0.3, -0.25) is 9.59 Å². The van der Waals surface area contributed by atoms with Crippen LogP contribution in [0.5, 0.6) is 0 Å². The molecule has 0 aromatic heterocycles. The van der Waals surface area contributed by atoms with Gasteiger partial charge in [0.15, 0.2) is 0 Å². The second-order valence-electron chi connectivity index (χ2n) is 5.31. The quantitative estimate of drug-likeness (QED) is 0.755. The van der Waals surface area contributed by atoms with Gasteiger partial charge in [-0.05, 0) is 26.7 Å². The first-order chi connectivity index (χ1) is 7.99. The largest absolute Gasteiger partial charge is 0.376 e. The van der Waals surface area contributed by atoms with Crippen LogP contribution >= 0.6 is 0 Å². The maximum Gasteiger partial charge on any atom is 0.247 e. The zero-order chi connectivity index (χ0) is 12.5. The van der Waals surface area contributed by atoms with E-state index in [9.17, 15) is 9.59 Å². The van der Waals surface area contributed by atoms with E-state index in [0.717, 1.165) is 19.4 Å². The molecule has 1 unspecified atom stereocenters. The van der Waals surface area contributed by atoms with E-state index in [1.165, 1.54) is 0 Å². The molecule has 2 heterocycles. The van der Waals surface area contributed by atoms with Crippen LogP contribution in [-0.2, 0) is 14.3 Å². The third kappa shape index (κ3) is 2.77. The highest BCUT2D eigenvalue weighted by molar-refractivity contribution is 5.92. The van der Waals surface area contributed by atoms with E-state index in [4.69, 9.17) is 4.74 Å². The van der Waals surface area contributed by atoms with Crippen LogP contribution < -0.4 is 5.32 Å². The van der Waals surface area contributed by atoms with E-state index >= 15 is 0 Å². The molecule has 17 heavy (non-hydrogen) atoms. The van der Waals surface area contributed by atoms with Gasteiger partial charge in [0.1, 0.15) is 5.54 Å². The minimum absolute atomic E-state index is 0.0150. The molecule has 2 saturated heterocycles. The number of nitrogens with zero attached hydrogens (tertiary/aromatic N) is 1. The molecule has 2 fully saturated rings. The van der Waals surface area contributed by atoms with Gasteiger partial charge in [-0.2, -0.15) is 0 Å². The molecular weight excluding hydrogens is 220 g/mol. The first-order valence-electron chi connectivity index (χ1n) is 6.21. The van der Waals surface area contributed by atoms with Crippen molar-refractivity contribution >= 4 is 11.8 Å². The Balaban J connectivity index is 2.04. The van der Waals surface area contributed by atoms with Crippen molar-refractivity contribution in [3.8, 4) is 0 Å². The van der Waals surface area contributed by atoms with Gasteiger partial charge in [-0.1, -0.05) is 0 Å². The summed E-state index contributed by atoms with van der Waals surface area (Å²) in [6.45, 7) is 5.39. The molecule has 2 rings (SSSR count). The number of nitrogens with one attached hydrogen (secondary N) is 1. The van der Waals surface area contributed by atoms with E-state index < -0.39 is 5.54 Å². The van der Waals surface area contributed by atoms with Crippen molar-refractivity contribution < 1.29 is 14.3 Å². The van der Waals surface area contributed by atoms with Crippen molar-refractivity contribution in [3.05, 3.63) is 0 Å². The summed E-state index contributed by atoms with van der Waals surface area (Å²) >= 11 is 0. The van der Waals surface area contributed by atoms with E-state index in [0.29, 0.717) is 19.5 Å². The lowest BCUT2D eigenvalue weighted by atomic mass is 10.0. The van der Waals surface area contributed by atoms with Gasteiger partial charge in [0.2, 0.25) is 11.8 Å². The van der Waals surface area contributed by atoms with Gasteiger partial charge >= 0.3 is 0 Å². The molecule has 0 aromatic carbocycles. The Morgan fingerprint density at radius 2 is 2.24 bits per heavy atom. The Kier molecular flexibility index (Phi) is 3.38. The number of carbonyl (C=O) groups is 2. The fraction of sp³-hybridized carbons (Fsp3) is 0.833. The topological polar surface area (TPSA) is 58.6 Å². The number of hydrogen-bond acceptors (Lipinski definition) is 3. The third-order valence-corrected chi connectivity index (χ3v) is 3.33. The molecule has 0 radical (unpaired) electrons. The summed E-state index contributed by atoms with van der Waals surface area (Å²) in [6.07, 6.45) is 2.59. The second-order valence-corrected chi connectivity index (χ2v) is 5.31. The lowest BCUT2D eigenvalue weighted by Gasteiger charge is -2.30. The van der Waals surface area contributed by atoms with Crippen LogP contribution in [0.3, 0.4) is 0 Å². The molecular formula is C12H20N2O3. The Bertz CT molecular complexity index is 322. The number of rotatable bonds is 2. The van der Waals surface area contributed by atoms with Gasteiger partial charge < -0.3 is 15.0 Å². The lowest BCUT2D eigenvalue weighted by molar-refractivity contribution is -0.138. The summed E-state index contributed by atoms with van der Waals surface area (Å²) in [7, 11) is 0. The molecule has 0 bridgehead atoms. The fourth-order valence-electron chi connectivity index (χ4n) is 2.41. The maximum atomic E-state index is 12.3. The maximum absolute atomic E-state index is 12.3. The molecule has 0 aliphatic carbocycles. The van der Waals surface area contributed by atoms with E-state index in [2.05, 4.69) is 5.32 Å². The number of carbonyl (C=O) groups excluding carboxylic acids is 2. The predicted molar refractivity (Wildman–Crippen MR) is 62.4 cm³/mol. The molecule has 5 nitrogen and oxygen atoms in total. The average Bonchev–Trinajstić information content (AvgIpc) is 2.71. The Hall–Kier alpha value is -1.10. The first-order valence-corrected chi connectivity index (χ1v) is 6.21. The lowest BCUT2D eigenvalue weighted by Crippen LogP contribution is -2.53. The van der Waals surface area contributed by atoms with Crippen molar-refractivity contribution in [2.75, 3.05) is 19.7 Å². The number of amides is 2. The van der Waals surface area contributed by atoms with Crippen molar-refractivity contribution in [2.24, 2.45) is 0 Å². The van der Waals surface area contributed by atoms with Crippen LogP contribution in [0.2, 0.25) is 0 Å². The van der Waals surface area contributed by atoms with E-state index in [1.807, 2.05) is 0 Å². The van der Waals surface area contributed by atoms with Crippen molar-refractivity contribution in [3.63, 3.8) is 0 Å². The minimum atomic E-state index is -0.799. The van der Waals surface area contributed by atoms with Gasteiger partial charge in [-0.15, -0.1) is 0 Å². The molecule has 1 atom stereocenters. The van der Waals surface area contributed by atoms with Crippen LogP contribution in [-0.4, -0.2) is 48.1 Å². The van der Waals surface area contributed by atoms with Crippen LogP contribution in [0.1, 0.15) is 33.1 Å². The second kappa shape index (κ2) is 4.64. The molecule has 5 heteroatoms. The number of ether oxygens (including phenoxy) is 1. The third-order valence-electron chi connectivity index (χ3n) is 3.33. The summed E-state index contributed by atoms with van der Waals surface area (Å²) in [5.41, 5.74) is -0.799. The molecule has 0 spiro atoms. The van der Waals surface area contributed by atoms with Crippen molar-refractivity contribution in [1.82, 2.24) is 10.2 Å². The Morgan fingerprint density at radius 1 is 1.47 bits per heavy atom. The SMILES string of the molecule is CC1(C)NC(=O)CCN(CC2CCCO2)C1=O. The van der Waals surface area contributed by atoms with Gasteiger partial charge in [-0.25, -0.2) is 0 Å². The summed E-state index contributed by atoms with van der Waals surface area (Å²) < 4.78 is 5.54. The Morgan fingerprint density at radius 3 is 2.88 bits per heavy atom.